The van der Waals surface area contributed by atoms with Crippen LogP contribution in [0, 0.1) is 6.92 Å². The number of thioether (sulfide) groups is 1. The number of benzene rings is 1. The Kier molecular flexibility index (Phi) is 4.73. The predicted molar refractivity (Wildman–Crippen MR) is 67.0 cm³/mol. The standard InChI is InChI=1S/C9H8Cl4S/c1-6-2-4-7(5-3-6)14-8(10)9(11,12)13/h2-5,8H,1H3. The van der Waals surface area contributed by atoms with Gasteiger partial charge < -0.3 is 0 Å². The highest BCUT2D eigenvalue weighted by Gasteiger charge is 2.31. The van der Waals surface area contributed by atoms with Gasteiger partial charge in [-0.2, -0.15) is 0 Å². The molecule has 0 nitrogen and oxygen atoms in total. The van der Waals surface area contributed by atoms with Crippen LogP contribution in [-0.4, -0.2) is 8.50 Å². The molecule has 0 saturated carbocycles. The summed E-state index contributed by atoms with van der Waals surface area (Å²) in [5.41, 5.74) is 1.19. The first-order chi connectivity index (χ1) is 6.39. The van der Waals surface area contributed by atoms with Crippen LogP contribution in [0.3, 0.4) is 0 Å². The summed E-state index contributed by atoms with van der Waals surface area (Å²) in [5, 5.41) is 0. The van der Waals surface area contributed by atoms with E-state index in [4.69, 9.17) is 46.4 Å². The zero-order valence-electron chi connectivity index (χ0n) is 7.31. The first kappa shape index (κ1) is 12.8. The minimum absolute atomic E-state index is 0.588. The van der Waals surface area contributed by atoms with E-state index in [2.05, 4.69) is 0 Å². The van der Waals surface area contributed by atoms with E-state index in [-0.39, 0.29) is 0 Å². The Morgan fingerprint density at radius 2 is 1.64 bits per heavy atom. The second-order valence-electron chi connectivity index (χ2n) is 2.79. The smallest absolute Gasteiger partial charge is 0.106 e. The van der Waals surface area contributed by atoms with Gasteiger partial charge in [-0.3, -0.25) is 0 Å². The summed E-state index contributed by atoms with van der Waals surface area (Å²) in [5.74, 6) is 0. The Hall–Kier alpha value is 0.730. The van der Waals surface area contributed by atoms with Crippen molar-refractivity contribution in [1.82, 2.24) is 0 Å². The molecule has 0 heterocycles. The number of rotatable bonds is 2. The SMILES string of the molecule is Cc1ccc(SC(Cl)C(Cl)(Cl)Cl)cc1. The molecule has 0 aliphatic carbocycles. The van der Waals surface area contributed by atoms with Crippen molar-refractivity contribution in [3.05, 3.63) is 29.8 Å². The highest BCUT2D eigenvalue weighted by Crippen LogP contribution is 2.42. The monoisotopic (exact) mass is 288 g/mol. The molecular formula is C9H8Cl4S. The van der Waals surface area contributed by atoms with Crippen LogP contribution in [0.25, 0.3) is 0 Å². The molecule has 1 unspecified atom stereocenters. The molecule has 0 N–H and O–H groups in total. The first-order valence-electron chi connectivity index (χ1n) is 3.84. The van der Waals surface area contributed by atoms with Crippen molar-refractivity contribution in [1.29, 1.82) is 0 Å². The summed E-state index contributed by atoms with van der Waals surface area (Å²) in [4.78, 5) is 0.988. The molecule has 5 heteroatoms. The molecule has 0 spiro atoms. The Morgan fingerprint density at radius 1 is 1.14 bits per heavy atom. The van der Waals surface area contributed by atoms with Crippen molar-refractivity contribution in [2.75, 3.05) is 0 Å². The number of hydrogen-bond donors (Lipinski definition) is 0. The van der Waals surface area contributed by atoms with Gasteiger partial charge >= 0.3 is 0 Å². The summed E-state index contributed by atoms with van der Waals surface area (Å²) in [6, 6.07) is 7.88. The van der Waals surface area contributed by atoms with Crippen molar-refractivity contribution in [2.24, 2.45) is 0 Å². The van der Waals surface area contributed by atoms with Gasteiger partial charge in [0, 0.05) is 4.90 Å². The average Bonchev–Trinajstić information content (AvgIpc) is 2.07. The van der Waals surface area contributed by atoms with Crippen molar-refractivity contribution in [2.45, 2.75) is 20.3 Å². The fraction of sp³-hybridized carbons (Fsp3) is 0.333. The summed E-state index contributed by atoms with van der Waals surface area (Å²) < 4.78 is -2.04. The third-order valence-corrected chi connectivity index (χ3v) is 4.60. The number of aryl methyl sites for hydroxylation is 1. The highest BCUT2D eigenvalue weighted by atomic mass is 35.6. The number of alkyl halides is 4. The maximum absolute atomic E-state index is 5.90. The fourth-order valence-electron chi connectivity index (χ4n) is 0.803. The van der Waals surface area contributed by atoms with Crippen LogP contribution < -0.4 is 0 Å². The Labute approximate surface area is 108 Å². The van der Waals surface area contributed by atoms with E-state index in [9.17, 15) is 0 Å². The Balaban J connectivity index is 2.65. The van der Waals surface area contributed by atoms with Crippen molar-refractivity contribution < 1.29 is 0 Å². The third kappa shape index (κ3) is 4.08. The third-order valence-electron chi connectivity index (χ3n) is 1.52. The van der Waals surface area contributed by atoms with Gasteiger partial charge in [-0.25, -0.2) is 0 Å². The summed E-state index contributed by atoms with van der Waals surface area (Å²) in [7, 11) is 0. The molecule has 0 aliphatic rings. The van der Waals surface area contributed by atoms with E-state index in [0.29, 0.717) is 0 Å². The van der Waals surface area contributed by atoms with Gasteiger partial charge in [-0.15, -0.1) is 23.4 Å². The van der Waals surface area contributed by atoms with Gasteiger partial charge in [0.1, 0.15) is 4.71 Å². The molecule has 0 bridgehead atoms. The molecule has 0 radical (unpaired) electrons. The largest absolute Gasteiger partial charge is 0.216 e. The zero-order valence-corrected chi connectivity index (χ0v) is 11.1. The van der Waals surface area contributed by atoms with Crippen molar-refractivity contribution >= 4 is 58.2 Å². The lowest BCUT2D eigenvalue weighted by molar-refractivity contribution is 1.19. The van der Waals surface area contributed by atoms with E-state index in [0.717, 1.165) is 4.90 Å². The predicted octanol–water partition coefficient (Wildman–Crippen LogP) is 5.02. The lowest BCUT2D eigenvalue weighted by Gasteiger charge is -2.17. The second-order valence-corrected chi connectivity index (χ2v) is 7.03. The molecule has 14 heavy (non-hydrogen) atoms. The van der Waals surface area contributed by atoms with E-state index < -0.39 is 8.50 Å². The minimum atomic E-state index is -1.45. The van der Waals surface area contributed by atoms with Gasteiger partial charge in [0.25, 0.3) is 0 Å². The second kappa shape index (κ2) is 5.18. The molecular weight excluding hydrogens is 282 g/mol. The van der Waals surface area contributed by atoms with Crippen molar-refractivity contribution in [3.8, 4) is 0 Å². The normalized spacial score (nSPS) is 14.1. The molecule has 0 aromatic heterocycles. The quantitative estimate of drug-likeness (QED) is 0.544. The Morgan fingerprint density at radius 3 is 2.07 bits per heavy atom. The molecule has 1 rings (SSSR count). The van der Waals surface area contributed by atoms with Crippen LogP contribution in [0.4, 0.5) is 0 Å². The molecule has 78 valence electrons. The van der Waals surface area contributed by atoms with Crippen LogP contribution in [0.15, 0.2) is 29.2 Å². The number of halogens is 4. The minimum Gasteiger partial charge on any atom is -0.106 e. The lowest BCUT2D eigenvalue weighted by atomic mass is 10.2. The molecule has 0 fully saturated rings. The number of hydrogen-bond acceptors (Lipinski definition) is 1. The topological polar surface area (TPSA) is 0 Å². The zero-order chi connectivity index (χ0) is 10.8. The maximum Gasteiger partial charge on any atom is 0.216 e. The van der Waals surface area contributed by atoms with Gasteiger partial charge in [0.05, 0.1) is 0 Å². The van der Waals surface area contributed by atoms with Gasteiger partial charge in [0.15, 0.2) is 0 Å². The van der Waals surface area contributed by atoms with Gasteiger partial charge in [-0.1, -0.05) is 52.5 Å². The van der Waals surface area contributed by atoms with Crippen molar-refractivity contribution in [3.63, 3.8) is 0 Å². The van der Waals surface area contributed by atoms with Crippen LogP contribution in [0.2, 0.25) is 0 Å². The molecule has 1 aromatic rings. The summed E-state index contributed by atoms with van der Waals surface area (Å²) in [6.07, 6.45) is 0. The molecule has 0 aliphatic heterocycles. The lowest BCUT2D eigenvalue weighted by Crippen LogP contribution is -2.15. The van der Waals surface area contributed by atoms with Crippen LogP contribution >= 0.6 is 58.2 Å². The highest BCUT2D eigenvalue weighted by molar-refractivity contribution is 8.01. The van der Waals surface area contributed by atoms with E-state index in [1.807, 2.05) is 31.2 Å². The maximum atomic E-state index is 5.90. The van der Waals surface area contributed by atoms with Crippen LogP contribution in [0.5, 0.6) is 0 Å². The van der Waals surface area contributed by atoms with Crippen LogP contribution in [-0.2, 0) is 0 Å². The molecule has 0 amide bonds. The van der Waals surface area contributed by atoms with Crippen LogP contribution in [0.1, 0.15) is 5.56 Å². The molecule has 1 aromatic carbocycles. The fourth-order valence-corrected chi connectivity index (χ4v) is 2.18. The molecule has 0 saturated heterocycles. The summed E-state index contributed by atoms with van der Waals surface area (Å²) in [6.45, 7) is 2.02. The molecule has 1 atom stereocenters. The summed E-state index contributed by atoms with van der Waals surface area (Å²) >= 11 is 24.2. The van der Waals surface area contributed by atoms with E-state index in [1.165, 1.54) is 17.3 Å². The van der Waals surface area contributed by atoms with Gasteiger partial charge in [0.2, 0.25) is 3.79 Å². The first-order valence-corrected chi connectivity index (χ1v) is 6.29. The van der Waals surface area contributed by atoms with Gasteiger partial charge in [-0.05, 0) is 19.1 Å². The Bertz CT molecular complexity index is 291. The average molecular weight is 290 g/mol. The van der Waals surface area contributed by atoms with E-state index in [1.54, 1.807) is 0 Å². The van der Waals surface area contributed by atoms with E-state index >= 15 is 0 Å².